The second-order valence-electron chi connectivity index (χ2n) is 5.30. The number of aromatic nitrogens is 4. The van der Waals surface area contributed by atoms with E-state index in [0.29, 0.717) is 12.6 Å². The molecular formula is C14H21N5O. The van der Waals surface area contributed by atoms with Crippen molar-refractivity contribution >= 4 is 5.91 Å². The predicted octanol–water partition coefficient (Wildman–Crippen LogP) is 1.88. The fourth-order valence-corrected chi connectivity index (χ4v) is 2.04. The van der Waals surface area contributed by atoms with Gasteiger partial charge in [0.25, 0.3) is 0 Å². The van der Waals surface area contributed by atoms with Gasteiger partial charge in [0, 0.05) is 43.8 Å². The number of carbonyl (C=O) groups excluding carboxylic acids is 1. The molecule has 2 aromatic rings. The molecule has 1 unspecified atom stereocenters. The van der Waals surface area contributed by atoms with Gasteiger partial charge in [-0.05, 0) is 20.8 Å². The van der Waals surface area contributed by atoms with E-state index in [1.165, 1.54) is 0 Å². The smallest absolute Gasteiger partial charge is 0.245 e. The lowest BCUT2D eigenvalue weighted by atomic mass is 10.2. The summed E-state index contributed by atoms with van der Waals surface area (Å²) >= 11 is 0. The predicted molar refractivity (Wildman–Crippen MR) is 76.0 cm³/mol. The van der Waals surface area contributed by atoms with Crippen LogP contribution >= 0.6 is 0 Å². The monoisotopic (exact) mass is 275 g/mol. The number of hydrogen-bond acceptors (Lipinski definition) is 3. The summed E-state index contributed by atoms with van der Waals surface area (Å²) < 4.78 is 3.70. The van der Waals surface area contributed by atoms with Crippen LogP contribution in [0.3, 0.4) is 0 Å². The molecule has 20 heavy (non-hydrogen) atoms. The summed E-state index contributed by atoms with van der Waals surface area (Å²) in [7, 11) is 1.81. The van der Waals surface area contributed by atoms with Crippen molar-refractivity contribution < 1.29 is 4.79 Å². The van der Waals surface area contributed by atoms with Crippen molar-refractivity contribution in [3.05, 3.63) is 36.7 Å². The second kappa shape index (κ2) is 5.90. The number of amides is 1. The molecule has 108 valence electrons. The third-order valence-electron chi connectivity index (χ3n) is 3.31. The van der Waals surface area contributed by atoms with Crippen LogP contribution in [0.15, 0.2) is 31.1 Å². The van der Waals surface area contributed by atoms with Gasteiger partial charge < -0.3 is 9.47 Å². The van der Waals surface area contributed by atoms with Crippen LogP contribution in [0, 0.1) is 0 Å². The summed E-state index contributed by atoms with van der Waals surface area (Å²) in [5.74, 6) is 0.0558. The molecule has 1 atom stereocenters. The third-order valence-corrected chi connectivity index (χ3v) is 3.31. The fraction of sp³-hybridized carbons (Fsp3) is 0.500. The second-order valence-corrected chi connectivity index (χ2v) is 5.30. The molecule has 2 rings (SSSR count). The molecule has 0 fully saturated rings. The minimum Gasteiger partial charge on any atom is -0.340 e. The summed E-state index contributed by atoms with van der Waals surface area (Å²) in [5.41, 5.74) is 1.03. The quantitative estimate of drug-likeness (QED) is 0.837. The zero-order valence-corrected chi connectivity index (χ0v) is 12.4. The molecule has 0 aromatic carbocycles. The third kappa shape index (κ3) is 3.07. The van der Waals surface area contributed by atoms with Crippen molar-refractivity contribution in [1.82, 2.24) is 24.2 Å². The Kier molecular flexibility index (Phi) is 4.22. The number of nitrogens with zero attached hydrogens (tertiary/aromatic N) is 5. The number of hydrogen-bond donors (Lipinski definition) is 0. The molecule has 1 amide bonds. The molecule has 0 radical (unpaired) electrons. The van der Waals surface area contributed by atoms with Crippen molar-refractivity contribution in [2.45, 2.75) is 39.4 Å². The molecule has 2 aromatic heterocycles. The van der Waals surface area contributed by atoms with E-state index in [9.17, 15) is 4.79 Å². The van der Waals surface area contributed by atoms with Crippen LogP contribution in [0.4, 0.5) is 0 Å². The molecule has 0 saturated carbocycles. The molecule has 0 N–H and O–H groups in total. The van der Waals surface area contributed by atoms with E-state index in [1.54, 1.807) is 28.2 Å². The number of likely N-dealkylation sites (N-methyl/N-ethyl adjacent to an activating group) is 1. The molecule has 0 spiro atoms. The molecule has 0 aliphatic rings. The first kappa shape index (κ1) is 14.3. The van der Waals surface area contributed by atoms with Crippen molar-refractivity contribution in [3.63, 3.8) is 0 Å². The van der Waals surface area contributed by atoms with Crippen molar-refractivity contribution in [2.24, 2.45) is 0 Å². The highest BCUT2D eigenvalue weighted by Gasteiger charge is 2.19. The Labute approximate surface area is 119 Å². The summed E-state index contributed by atoms with van der Waals surface area (Å²) in [5, 5.41) is 4.29. The van der Waals surface area contributed by atoms with Crippen LogP contribution in [0.5, 0.6) is 0 Å². The highest BCUT2D eigenvalue weighted by molar-refractivity contribution is 5.79. The molecular weight excluding hydrogens is 254 g/mol. The standard InChI is InChI=1S/C14H21N5O/c1-11(2)19-9-13(7-16-19)8-17(4)14(20)12(3)18-6-5-15-10-18/h5-7,9-12H,8H2,1-4H3. The van der Waals surface area contributed by atoms with Crippen LogP contribution in [0.25, 0.3) is 0 Å². The number of imidazole rings is 1. The van der Waals surface area contributed by atoms with Crippen molar-refractivity contribution in [2.75, 3.05) is 7.05 Å². The van der Waals surface area contributed by atoms with Gasteiger partial charge in [-0.1, -0.05) is 0 Å². The lowest BCUT2D eigenvalue weighted by Gasteiger charge is -2.21. The molecule has 0 aliphatic carbocycles. The highest BCUT2D eigenvalue weighted by atomic mass is 16.2. The van der Waals surface area contributed by atoms with Crippen molar-refractivity contribution in [1.29, 1.82) is 0 Å². The Hall–Kier alpha value is -2.11. The maximum absolute atomic E-state index is 12.3. The van der Waals surface area contributed by atoms with Crippen LogP contribution in [-0.2, 0) is 11.3 Å². The largest absolute Gasteiger partial charge is 0.340 e. The average Bonchev–Trinajstić information content (AvgIpc) is 3.07. The Bertz CT molecular complexity index is 558. The van der Waals surface area contributed by atoms with E-state index in [4.69, 9.17) is 0 Å². The lowest BCUT2D eigenvalue weighted by Crippen LogP contribution is -2.32. The van der Waals surface area contributed by atoms with Crippen LogP contribution < -0.4 is 0 Å². The Morgan fingerprint density at radius 3 is 2.70 bits per heavy atom. The first-order valence-corrected chi connectivity index (χ1v) is 6.74. The Balaban J connectivity index is 2.00. The Morgan fingerprint density at radius 1 is 1.40 bits per heavy atom. The van der Waals surface area contributed by atoms with Crippen LogP contribution in [0.2, 0.25) is 0 Å². The molecule has 6 nitrogen and oxygen atoms in total. The molecule has 6 heteroatoms. The van der Waals surface area contributed by atoms with Gasteiger partial charge in [-0.25, -0.2) is 4.98 Å². The minimum absolute atomic E-state index is 0.0558. The first-order valence-electron chi connectivity index (χ1n) is 6.74. The van der Waals surface area contributed by atoms with Gasteiger partial charge in [0.15, 0.2) is 0 Å². The summed E-state index contributed by atoms with van der Waals surface area (Å²) in [6.45, 7) is 6.59. The Morgan fingerprint density at radius 2 is 2.15 bits per heavy atom. The van der Waals surface area contributed by atoms with Gasteiger partial charge >= 0.3 is 0 Å². The van der Waals surface area contributed by atoms with E-state index in [-0.39, 0.29) is 11.9 Å². The summed E-state index contributed by atoms with van der Waals surface area (Å²) in [4.78, 5) is 18.0. The van der Waals surface area contributed by atoms with Gasteiger partial charge in [0.1, 0.15) is 6.04 Å². The maximum Gasteiger partial charge on any atom is 0.245 e. The molecule has 0 bridgehead atoms. The van der Waals surface area contributed by atoms with Gasteiger partial charge in [-0.3, -0.25) is 9.48 Å². The van der Waals surface area contributed by atoms with Crippen LogP contribution in [-0.4, -0.2) is 37.2 Å². The SMILES string of the molecule is CC(C(=O)N(C)Cc1cnn(C(C)C)c1)n1ccnc1. The summed E-state index contributed by atoms with van der Waals surface area (Å²) in [6, 6.07) is 0.0808. The maximum atomic E-state index is 12.3. The van der Waals surface area contributed by atoms with E-state index in [0.717, 1.165) is 5.56 Å². The van der Waals surface area contributed by atoms with E-state index >= 15 is 0 Å². The van der Waals surface area contributed by atoms with E-state index in [1.807, 2.05) is 31.0 Å². The first-order chi connectivity index (χ1) is 9.49. The van der Waals surface area contributed by atoms with Gasteiger partial charge in [0.05, 0.1) is 12.5 Å². The van der Waals surface area contributed by atoms with E-state index < -0.39 is 0 Å². The van der Waals surface area contributed by atoms with Crippen LogP contribution in [0.1, 0.15) is 38.4 Å². The lowest BCUT2D eigenvalue weighted by molar-refractivity contribution is -0.133. The topological polar surface area (TPSA) is 56.0 Å². The molecule has 0 aliphatic heterocycles. The highest BCUT2D eigenvalue weighted by Crippen LogP contribution is 2.12. The van der Waals surface area contributed by atoms with Gasteiger partial charge in [-0.15, -0.1) is 0 Å². The summed E-state index contributed by atoms with van der Waals surface area (Å²) in [6.07, 6.45) is 8.93. The average molecular weight is 275 g/mol. The molecule has 2 heterocycles. The zero-order chi connectivity index (χ0) is 14.7. The minimum atomic E-state index is -0.248. The van der Waals surface area contributed by atoms with Crippen molar-refractivity contribution in [3.8, 4) is 0 Å². The van der Waals surface area contributed by atoms with Gasteiger partial charge in [-0.2, -0.15) is 5.10 Å². The normalized spacial score (nSPS) is 12.7. The number of rotatable bonds is 5. The fourth-order valence-electron chi connectivity index (χ4n) is 2.04. The molecule has 0 saturated heterocycles. The number of carbonyl (C=O) groups is 1. The van der Waals surface area contributed by atoms with Gasteiger partial charge in [0.2, 0.25) is 5.91 Å². The van der Waals surface area contributed by atoms with E-state index in [2.05, 4.69) is 23.9 Å². The zero-order valence-electron chi connectivity index (χ0n) is 12.4.